The zero-order valence-corrected chi connectivity index (χ0v) is 15.2. The van der Waals surface area contributed by atoms with Crippen LogP contribution in [0.1, 0.15) is 41.0 Å². The summed E-state index contributed by atoms with van der Waals surface area (Å²) in [6, 6.07) is -1.26. The summed E-state index contributed by atoms with van der Waals surface area (Å²) in [6.07, 6.45) is 0.805. The van der Waals surface area contributed by atoms with Crippen molar-refractivity contribution in [1.82, 2.24) is 9.57 Å². The summed E-state index contributed by atoms with van der Waals surface area (Å²) in [6.45, 7) is 6.12. The molecular formula is C13H25N2O4PS. The van der Waals surface area contributed by atoms with Crippen LogP contribution in [0.15, 0.2) is 0 Å². The van der Waals surface area contributed by atoms with Gasteiger partial charge in [0.1, 0.15) is 6.04 Å². The lowest BCUT2D eigenvalue weighted by molar-refractivity contribution is -0.128. The van der Waals surface area contributed by atoms with Gasteiger partial charge < -0.3 is 4.52 Å². The van der Waals surface area contributed by atoms with Gasteiger partial charge in [-0.3, -0.25) is 14.3 Å². The van der Waals surface area contributed by atoms with Crippen molar-refractivity contribution in [3.63, 3.8) is 0 Å². The number of carbonyl (C=O) groups is 2. The van der Waals surface area contributed by atoms with E-state index < -0.39 is 18.8 Å². The predicted molar refractivity (Wildman–Crippen MR) is 85.2 cm³/mol. The van der Waals surface area contributed by atoms with Crippen LogP contribution in [0.5, 0.6) is 0 Å². The second-order valence-electron chi connectivity index (χ2n) is 5.42. The first kappa shape index (κ1) is 18.5. The lowest BCUT2D eigenvalue weighted by atomic mass is 10.1. The van der Waals surface area contributed by atoms with Crippen LogP contribution in [-0.2, 0) is 13.9 Å². The molecule has 3 atom stereocenters. The van der Waals surface area contributed by atoms with Crippen molar-refractivity contribution in [2.24, 2.45) is 5.92 Å². The van der Waals surface area contributed by atoms with E-state index >= 15 is 0 Å². The molecule has 1 aliphatic heterocycles. The Kier molecular flexibility index (Phi) is 6.32. The summed E-state index contributed by atoms with van der Waals surface area (Å²) >= 11 is 1.16. The van der Waals surface area contributed by atoms with Gasteiger partial charge in [0.2, 0.25) is 0 Å². The third-order valence-corrected chi connectivity index (χ3v) is 8.62. The molecule has 3 amide bonds. The number of amides is 3. The Morgan fingerprint density at radius 2 is 1.86 bits per heavy atom. The zero-order chi connectivity index (χ0) is 16.4. The van der Waals surface area contributed by atoms with Crippen molar-refractivity contribution < 1.29 is 18.7 Å². The number of rotatable bonds is 7. The van der Waals surface area contributed by atoms with E-state index in [0.717, 1.165) is 22.7 Å². The highest BCUT2D eigenvalue weighted by molar-refractivity contribution is 8.56. The lowest BCUT2D eigenvalue weighted by Crippen LogP contribution is -2.36. The number of imide groups is 1. The maximum Gasteiger partial charge on any atom is 0.358 e. The van der Waals surface area contributed by atoms with Crippen molar-refractivity contribution in [2.45, 2.75) is 52.3 Å². The van der Waals surface area contributed by atoms with Crippen LogP contribution in [0, 0.1) is 5.92 Å². The molecule has 1 aliphatic rings. The van der Waals surface area contributed by atoms with E-state index in [9.17, 15) is 14.2 Å². The molecule has 0 bridgehead atoms. The van der Waals surface area contributed by atoms with E-state index in [1.807, 2.05) is 27.7 Å². The van der Waals surface area contributed by atoms with Crippen LogP contribution in [-0.4, -0.2) is 46.5 Å². The van der Waals surface area contributed by atoms with Gasteiger partial charge in [-0.1, -0.05) is 27.7 Å². The largest absolute Gasteiger partial charge is 0.358 e. The number of urea groups is 1. The molecule has 0 aliphatic carbocycles. The van der Waals surface area contributed by atoms with Gasteiger partial charge in [0.25, 0.3) is 5.91 Å². The summed E-state index contributed by atoms with van der Waals surface area (Å²) in [5, 5.41) is 0.0732. The minimum Gasteiger partial charge on any atom is -0.306 e. The highest BCUT2D eigenvalue weighted by atomic mass is 32.7. The fraction of sp³-hybridized carbons (Fsp3) is 0.846. The van der Waals surface area contributed by atoms with Gasteiger partial charge in [-0.05, 0) is 30.6 Å². The number of carbonyl (C=O) groups excluding carboxylic acids is 2. The predicted octanol–water partition coefficient (Wildman–Crippen LogP) is 3.58. The lowest BCUT2D eigenvalue weighted by Gasteiger charge is -2.32. The quantitative estimate of drug-likeness (QED) is 0.525. The van der Waals surface area contributed by atoms with Crippen molar-refractivity contribution in [1.29, 1.82) is 0 Å². The maximum absolute atomic E-state index is 13.3. The first-order valence-electron chi connectivity index (χ1n) is 7.23. The van der Waals surface area contributed by atoms with Crippen molar-refractivity contribution >= 4 is 30.0 Å². The zero-order valence-electron chi connectivity index (χ0n) is 13.5. The average Bonchev–Trinajstić information content (AvgIpc) is 2.63. The minimum atomic E-state index is -3.44. The molecule has 21 heavy (non-hydrogen) atoms. The van der Waals surface area contributed by atoms with Gasteiger partial charge in [-0.25, -0.2) is 9.46 Å². The first-order chi connectivity index (χ1) is 9.69. The first-order valence-corrected chi connectivity index (χ1v) is 10.3. The number of hydrogen-bond donors (Lipinski definition) is 0. The highest BCUT2D eigenvalue weighted by Crippen LogP contribution is 2.66. The fourth-order valence-electron chi connectivity index (χ4n) is 2.10. The molecule has 6 nitrogen and oxygen atoms in total. The van der Waals surface area contributed by atoms with Crippen LogP contribution in [0.4, 0.5) is 4.79 Å². The topological polar surface area (TPSA) is 66.9 Å². The van der Waals surface area contributed by atoms with E-state index in [0.29, 0.717) is 0 Å². The molecule has 0 aromatic carbocycles. The van der Waals surface area contributed by atoms with E-state index in [2.05, 4.69) is 0 Å². The summed E-state index contributed by atoms with van der Waals surface area (Å²) in [5.41, 5.74) is 0. The van der Waals surface area contributed by atoms with Crippen LogP contribution >= 0.6 is 18.1 Å². The van der Waals surface area contributed by atoms with Gasteiger partial charge in [0, 0.05) is 12.3 Å². The summed E-state index contributed by atoms with van der Waals surface area (Å²) < 4.78 is 19.9. The highest BCUT2D eigenvalue weighted by Gasteiger charge is 2.54. The molecule has 1 saturated heterocycles. The van der Waals surface area contributed by atoms with Crippen LogP contribution in [0.2, 0.25) is 0 Å². The van der Waals surface area contributed by atoms with E-state index in [4.69, 9.17) is 4.52 Å². The van der Waals surface area contributed by atoms with E-state index in [1.54, 1.807) is 6.92 Å². The molecule has 0 saturated carbocycles. The molecule has 122 valence electrons. The second-order valence-corrected chi connectivity index (χ2v) is 10.1. The van der Waals surface area contributed by atoms with Gasteiger partial charge in [0.05, 0.1) is 6.61 Å². The molecular weight excluding hydrogens is 311 g/mol. The Bertz CT molecular complexity index is 457. The van der Waals surface area contributed by atoms with Gasteiger partial charge in [-0.2, -0.15) is 0 Å². The second kappa shape index (κ2) is 7.16. The van der Waals surface area contributed by atoms with Gasteiger partial charge >= 0.3 is 12.8 Å². The fourth-order valence-corrected chi connectivity index (χ4v) is 7.46. The summed E-state index contributed by atoms with van der Waals surface area (Å²) in [7, 11) is 1.42. The SMILES string of the molecule is CCOP(=O)(SC(C)CC)N1C(=O)N(C)C(=O)C1C(C)C. The molecule has 1 rings (SSSR count). The average molecular weight is 336 g/mol. The molecule has 8 heteroatoms. The van der Waals surface area contributed by atoms with Crippen molar-refractivity contribution in [2.75, 3.05) is 13.7 Å². The van der Waals surface area contributed by atoms with E-state index in [-0.39, 0.29) is 23.7 Å². The molecule has 0 aromatic rings. The monoisotopic (exact) mass is 336 g/mol. The Morgan fingerprint density at radius 1 is 1.29 bits per heavy atom. The molecule has 0 radical (unpaired) electrons. The van der Waals surface area contributed by atoms with Gasteiger partial charge in [0.15, 0.2) is 0 Å². The summed E-state index contributed by atoms with van der Waals surface area (Å²) in [5.74, 6) is -0.447. The third kappa shape index (κ3) is 3.63. The summed E-state index contributed by atoms with van der Waals surface area (Å²) in [4.78, 5) is 25.7. The molecule has 3 unspecified atom stereocenters. The number of likely N-dealkylation sites (N-methyl/N-ethyl adjacent to an activating group) is 1. The Morgan fingerprint density at radius 3 is 2.29 bits per heavy atom. The third-order valence-electron chi connectivity index (χ3n) is 3.41. The smallest absolute Gasteiger partial charge is 0.306 e. The molecule has 0 spiro atoms. The van der Waals surface area contributed by atoms with Crippen LogP contribution < -0.4 is 0 Å². The molecule has 1 fully saturated rings. The van der Waals surface area contributed by atoms with Crippen molar-refractivity contribution in [3.8, 4) is 0 Å². The number of hydrogen-bond acceptors (Lipinski definition) is 5. The maximum atomic E-state index is 13.3. The van der Waals surface area contributed by atoms with Gasteiger partial charge in [-0.15, -0.1) is 0 Å². The molecule has 1 heterocycles. The standard InChI is InChI=1S/C13H25N2O4PS/c1-7-10(5)21-20(18,19-8-2)15-11(9(3)4)12(16)14(6)13(15)17/h9-11H,7-8H2,1-6H3. The van der Waals surface area contributed by atoms with Crippen molar-refractivity contribution in [3.05, 3.63) is 0 Å². The molecule has 0 N–H and O–H groups in total. The van der Waals surface area contributed by atoms with Crippen LogP contribution in [0.3, 0.4) is 0 Å². The Hall–Kier alpha value is -0.520. The molecule has 0 aromatic heterocycles. The number of nitrogens with zero attached hydrogens (tertiary/aromatic N) is 2. The Labute approximate surface area is 130 Å². The van der Waals surface area contributed by atoms with Crippen LogP contribution in [0.25, 0.3) is 0 Å². The minimum absolute atomic E-state index is 0.0732. The van der Waals surface area contributed by atoms with E-state index in [1.165, 1.54) is 11.7 Å². The normalized spacial score (nSPS) is 23.9. The Balaban J connectivity index is 3.23.